The molecule has 0 atom stereocenters. The molecule has 3 aromatic rings. The summed E-state index contributed by atoms with van der Waals surface area (Å²) in [4.78, 5) is 0. The second kappa shape index (κ2) is 3.68. The van der Waals surface area contributed by atoms with Crippen LogP contribution >= 0.6 is 0 Å². The lowest BCUT2D eigenvalue weighted by Gasteiger charge is -2.06. The predicted molar refractivity (Wildman–Crippen MR) is 70.4 cm³/mol. The van der Waals surface area contributed by atoms with Gasteiger partial charge in [0.25, 0.3) is 0 Å². The van der Waals surface area contributed by atoms with Gasteiger partial charge in [-0.25, -0.2) is 0 Å². The van der Waals surface area contributed by atoms with Gasteiger partial charge in [0.05, 0.1) is 16.6 Å². The number of hydrogen-bond donors (Lipinski definition) is 0. The second-order valence-corrected chi connectivity index (χ2v) is 4.44. The van der Waals surface area contributed by atoms with Crippen molar-refractivity contribution in [3.63, 3.8) is 0 Å². The second-order valence-electron chi connectivity index (χ2n) is 4.44. The van der Waals surface area contributed by atoms with Gasteiger partial charge in [-0.15, -0.1) is 0 Å². The van der Waals surface area contributed by atoms with Gasteiger partial charge in [-0.3, -0.25) is 4.57 Å². The van der Waals surface area contributed by atoms with Crippen molar-refractivity contribution in [2.75, 3.05) is 0 Å². The van der Waals surface area contributed by atoms with Crippen LogP contribution < -0.4 is 0 Å². The molecule has 0 fully saturated rings. The molecule has 82 valence electrons. The van der Waals surface area contributed by atoms with E-state index in [0.29, 0.717) is 0 Å². The van der Waals surface area contributed by atoms with Gasteiger partial charge in [0.1, 0.15) is 0 Å². The third-order valence-electron chi connectivity index (χ3n) is 2.91. The van der Waals surface area contributed by atoms with Crippen LogP contribution in [0.3, 0.4) is 0 Å². The molecule has 1 nitrogen and oxygen atoms in total. The van der Waals surface area contributed by atoms with E-state index in [1.165, 1.54) is 11.1 Å². The predicted octanol–water partition coefficient (Wildman–Crippen LogP) is 3.85. The van der Waals surface area contributed by atoms with Crippen molar-refractivity contribution in [2.45, 2.75) is 13.8 Å². The highest BCUT2D eigenvalue weighted by molar-refractivity contribution is 5.79. The fraction of sp³-hybridized carbons (Fsp3) is 0.125. The van der Waals surface area contributed by atoms with Crippen molar-refractivity contribution in [1.29, 1.82) is 0 Å². The summed E-state index contributed by atoms with van der Waals surface area (Å²) in [6.07, 6.45) is 3.18. The molecule has 0 saturated heterocycles. The fourth-order valence-corrected chi connectivity index (χ4v) is 2.23. The zero-order chi connectivity index (χ0) is 11.8. The zero-order valence-corrected chi connectivity index (χ0v) is 9.99. The number of fused-ring (bicyclic) bond motifs is 1. The number of hydrogen-bond acceptors (Lipinski definition) is 0. The van der Waals surface area contributed by atoms with E-state index in [1.807, 2.05) is 12.1 Å². The first-order valence-corrected chi connectivity index (χ1v) is 5.73. The average Bonchev–Trinajstić information content (AvgIpc) is 2.71. The molecule has 3 rings (SSSR count). The summed E-state index contributed by atoms with van der Waals surface area (Å²) < 4.78 is 2.06. The van der Waals surface area contributed by atoms with Crippen LogP contribution in [0.15, 0.2) is 42.5 Å². The lowest BCUT2D eigenvalue weighted by molar-refractivity contribution is 1.11. The Morgan fingerprint density at radius 1 is 0.941 bits per heavy atom. The van der Waals surface area contributed by atoms with Crippen molar-refractivity contribution in [3.05, 3.63) is 65.9 Å². The summed E-state index contributed by atoms with van der Waals surface area (Å²) in [5, 5.41) is 1.10. The molecule has 0 aliphatic rings. The van der Waals surface area contributed by atoms with Crippen molar-refractivity contribution >= 4 is 10.9 Å². The maximum Gasteiger partial charge on any atom is 0.0702 e. The summed E-state index contributed by atoms with van der Waals surface area (Å²) in [7, 11) is 0. The van der Waals surface area contributed by atoms with Crippen LogP contribution in [0, 0.1) is 26.1 Å². The third kappa shape index (κ3) is 1.68. The Hall–Kier alpha value is -2.20. The molecule has 0 unspecified atom stereocenters. The summed E-state index contributed by atoms with van der Waals surface area (Å²) in [6, 6.07) is 17.9. The third-order valence-corrected chi connectivity index (χ3v) is 2.91. The standard InChI is InChI=1S/C16H13N/c1-12-9-13(2)11-15(10-12)17-8-7-14-5-3-4-6-16(14)17/h3-6,9-11H,1-2H3. The van der Waals surface area contributed by atoms with Crippen molar-refractivity contribution < 1.29 is 0 Å². The van der Waals surface area contributed by atoms with E-state index in [0.717, 1.165) is 16.6 Å². The molecule has 0 saturated carbocycles. The molecule has 1 aromatic heterocycles. The normalized spacial score (nSPS) is 10.5. The topological polar surface area (TPSA) is 4.93 Å². The molecule has 2 aromatic carbocycles. The number of rotatable bonds is 1. The van der Waals surface area contributed by atoms with Crippen LogP contribution in [-0.2, 0) is 0 Å². The molecular weight excluding hydrogens is 206 g/mol. The van der Waals surface area contributed by atoms with Gasteiger partial charge in [0.15, 0.2) is 0 Å². The molecule has 0 aliphatic heterocycles. The van der Waals surface area contributed by atoms with E-state index in [4.69, 9.17) is 0 Å². The molecule has 0 amide bonds. The monoisotopic (exact) mass is 219 g/mol. The summed E-state index contributed by atoms with van der Waals surface area (Å²) in [5.74, 6) is 0. The van der Waals surface area contributed by atoms with Crippen LogP contribution in [0.2, 0.25) is 0 Å². The quantitative estimate of drug-likeness (QED) is 0.586. The van der Waals surface area contributed by atoms with Crippen LogP contribution in [0.4, 0.5) is 0 Å². The summed E-state index contributed by atoms with van der Waals surface area (Å²) in [6.45, 7) is 4.23. The van der Waals surface area contributed by atoms with E-state index in [9.17, 15) is 0 Å². The fourth-order valence-electron chi connectivity index (χ4n) is 2.23. The van der Waals surface area contributed by atoms with Gasteiger partial charge in [-0.1, -0.05) is 18.2 Å². The minimum absolute atomic E-state index is 1.10. The molecule has 0 bridgehead atoms. The lowest BCUT2D eigenvalue weighted by atomic mass is 10.1. The molecule has 1 heterocycles. The smallest absolute Gasteiger partial charge is 0.0702 e. The van der Waals surface area contributed by atoms with Crippen molar-refractivity contribution in [2.24, 2.45) is 0 Å². The first-order chi connectivity index (χ1) is 8.24. The Balaban J connectivity index is 2.27. The Kier molecular flexibility index (Phi) is 2.16. The Morgan fingerprint density at radius 3 is 2.41 bits per heavy atom. The van der Waals surface area contributed by atoms with E-state index in [-0.39, 0.29) is 0 Å². The van der Waals surface area contributed by atoms with Gasteiger partial charge in [0, 0.05) is 6.20 Å². The van der Waals surface area contributed by atoms with Crippen LogP contribution in [0.25, 0.3) is 16.6 Å². The molecule has 0 aliphatic carbocycles. The molecule has 0 radical (unpaired) electrons. The Labute approximate surface area is 101 Å². The van der Waals surface area contributed by atoms with E-state index in [1.54, 1.807) is 0 Å². The maximum atomic E-state index is 3.18. The van der Waals surface area contributed by atoms with Gasteiger partial charge >= 0.3 is 0 Å². The van der Waals surface area contributed by atoms with Gasteiger partial charge in [0.2, 0.25) is 0 Å². The largest absolute Gasteiger partial charge is 0.268 e. The first kappa shape index (κ1) is 9.99. The molecular formula is C16H13N. The first-order valence-electron chi connectivity index (χ1n) is 5.73. The highest BCUT2D eigenvalue weighted by atomic mass is 14.9. The number of aromatic nitrogens is 1. The summed E-state index contributed by atoms with van der Waals surface area (Å²) in [5.41, 5.74) is 4.84. The Bertz CT molecular complexity index is 657. The molecule has 17 heavy (non-hydrogen) atoms. The van der Waals surface area contributed by atoms with Crippen LogP contribution in [-0.4, -0.2) is 4.57 Å². The minimum Gasteiger partial charge on any atom is -0.268 e. The van der Waals surface area contributed by atoms with Gasteiger partial charge in [-0.2, -0.15) is 0 Å². The number of para-hydroxylation sites is 1. The zero-order valence-electron chi connectivity index (χ0n) is 9.99. The lowest BCUT2D eigenvalue weighted by Crippen LogP contribution is -1.93. The Morgan fingerprint density at radius 2 is 1.65 bits per heavy atom. The van der Waals surface area contributed by atoms with Crippen molar-refractivity contribution in [1.82, 2.24) is 4.57 Å². The van der Waals surface area contributed by atoms with Crippen molar-refractivity contribution in [3.8, 4) is 5.69 Å². The van der Waals surface area contributed by atoms with Gasteiger partial charge < -0.3 is 0 Å². The highest BCUT2D eigenvalue weighted by Gasteiger charge is 2.02. The van der Waals surface area contributed by atoms with E-state index >= 15 is 0 Å². The highest BCUT2D eigenvalue weighted by Crippen LogP contribution is 2.19. The van der Waals surface area contributed by atoms with Crippen LogP contribution in [0.5, 0.6) is 0 Å². The maximum absolute atomic E-state index is 3.18. The molecule has 0 N–H and O–H groups in total. The van der Waals surface area contributed by atoms with E-state index < -0.39 is 0 Å². The molecule has 0 spiro atoms. The number of nitrogens with zero attached hydrogens (tertiary/aromatic N) is 1. The van der Waals surface area contributed by atoms with E-state index in [2.05, 4.69) is 61.0 Å². The molecule has 1 heteroatoms. The minimum atomic E-state index is 1.10. The summed E-state index contributed by atoms with van der Waals surface area (Å²) >= 11 is 0. The SMILES string of the molecule is Cc1cc(C)cc(-n2c#cc3ccccc32)c1. The number of aryl methyl sites for hydroxylation is 2. The number of benzene rings is 2. The van der Waals surface area contributed by atoms with Crippen LogP contribution in [0.1, 0.15) is 11.1 Å². The van der Waals surface area contributed by atoms with Gasteiger partial charge in [-0.05, 0) is 55.3 Å². The average molecular weight is 219 g/mol.